The van der Waals surface area contributed by atoms with Crippen molar-refractivity contribution in [2.24, 2.45) is 0 Å². The van der Waals surface area contributed by atoms with Gasteiger partial charge in [-0.15, -0.1) is 11.3 Å². The predicted molar refractivity (Wildman–Crippen MR) is 106 cm³/mol. The Morgan fingerprint density at radius 3 is 2.72 bits per heavy atom. The zero-order valence-corrected chi connectivity index (χ0v) is 14.9. The van der Waals surface area contributed by atoms with E-state index < -0.39 is 0 Å². The van der Waals surface area contributed by atoms with Gasteiger partial charge in [-0.05, 0) is 53.8 Å². The minimum atomic E-state index is 0.822. The number of benzene rings is 2. The molecule has 3 nitrogen and oxygen atoms in total. The second-order valence-electron chi connectivity index (χ2n) is 5.90. The van der Waals surface area contributed by atoms with Crippen molar-refractivity contribution in [3.8, 4) is 16.2 Å². The van der Waals surface area contributed by atoms with E-state index in [2.05, 4.69) is 71.1 Å². The van der Waals surface area contributed by atoms with Gasteiger partial charge in [0.1, 0.15) is 5.75 Å². The zero-order chi connectivity index (χ0) is 17.2. The maximum Gasteiger partial charge on any atom is 0.142 e. The van der Waals surface area contributed by atoms with E-state index in [0.29, 0.717) is 0 Å². The SMILES string of the molecule is COc1cc(-c2cccs2)ccc1Nc1ccnc2cc(C)ccc12. The lowest BCUT2D eigenvalue weighted by Gasteiger charge is -2.14. The molecule has 0 radical (unpaired) electrons. The van der Waals surface area contributed by atoms with Crippen molar-refractivity contribution in [3.63, 3.8) is 0 Å². The quantitative estimate of drug-likeness (QED) is 0.490. The molecule has 1 N–H and O–H groups in total. The number of nitrogens with zero attached hydrogens (tertiary/aromatic N) is 1. The first-order valence-corrected chi connectivity index (χ1v) is 8.97. The van der Waals surface area contributed by atoms with Crippen LogP contribution in [0.15, 0.2) is 66.2 Å². The van der Waals surface area contributed by atoms with Gasteiger partial charge in [-0.2, -0.15) is 0 Å². The van der Waals surface area contributed by atoms with Crippen molar-refractivity contribution in [1.29, 1.82) is 0 Å². The lowest BCUT2D eigenvalue weighted by Crippen LogP contribution is -1.96. The molecule has 0 aliphatic heterocycles. The van der Waals surface area contributed by atoms with E-state index in [-0.39, 0.29) is 0 Å². The summed E-state index contributed by atoms with van der Waals surface area (Å²) in [4.78, 5) is 5.70. The molecule has 4 heteroatoms. The van der Waals surface area contributed by atoms with Crippen LogP contribution in [0, 0.1) is 6.92 Å². The molecule has 0 fully saturated rings. The molecule has 0 saturated heterocycles. The molecular weight excluding hydrogens is 328 g/mol. The first-order chi connectivity index (χ1) is 12.2. The summed E-state index contributed by atoms with van der Waals surface area (Å²) in [5, 5.41) is 6.67. The summed E-state index contributed by atoms with van der Waals surface area (Å²) < 4.78 is 5.61. The monoisotopic (exact) mass is 346 g/mol. The van der Waals surface area contributed by atoms with Crippen LogP contribution in [0.5, 0.6) is 5.75 Å². The summed E-state index contributed by atoms with van der Waals surface area (Å²) in [6.07, 6.45) is 1.83. The predicted octanol–water partition coefficient (Wildman–Crippen LogP) is 6.02. The number of ether oxygens (including phenoxy) is 1. The van der Waals surface area contributed by atoms with Crippen LogP contribution >= 0.6 is 11.3 Å². The highest BCUT2D eigenvalue weighted by Gasteiger charge is 2.09. The number of hydrogen-bond donors (Lipinski definition) is 1. The van der Waals surface area contributed by atoms with Crippen molar-refractivity contribution in [2.75, 3.05) is 12.4 Å². The molecule has 0 unspecified atom stereocenters. The fourth-order valence-corrected chi connectivity index (χ4v) is 3.63. The first kappa shape index (κ1) is 15.7. The molecule has 0 atom stereocenters. The Hall–Kier alpha value is -2.85. The summed E-state index contributed by atoms with van der Waals surface area (Å²) in [5.41, 5.74) is 5.31. The standard InChI is InChI=1S/C21H18N2OS/c1-14-5-7-16-17(9-10-22-19(16)12-14)23-18-8-6-15(13-20(18)24-2)21-4-3-11-25-21/h3-13H,1-2H3,(H,22,23). The Morgan fingerprint density at radius 1 is 1.00 bits per heavy atom. The summed E-state index contributed by atoms with van der Waals surface area (Å²) in [6, 6.07) is 18.7. The number of anilines is 2. The van der Waals surface area contributed by atoms with Crippen LogP contribution in [0.1, 0.15) is 5.56 Å². The number of rotatable bonds is 4. The highest BCUT2D eigenvalue weighted by Crippen LogP contribution is 2.35. The van der Waals surface area contributed by atoms with Gasteiger partial charge in [0.05, 0.1) is 18.3 Å². The molecule has 2 aromatic heterocycles. The minimum Gasteiger partial charge on any atom is -0.495 e. The van der Waals surface area contributed by atoms with Gasteiger partial charge in [-0.3, -0.25) is 4.98 Å². The van der Waals surface area contributed by atoms with E-state index >= 15 is 0 Å². The first-order valence-electron chi connectivity index (χ1n) is 8.09. The third-order valence-corrected chi connectivity index (χ3v) is 5.09. The third-order valence-electron chi connectivity index (χ3n) is 4.17. The van der Waals surface area contributed by atoms with Gasteiger partial charge in [0.15, 0.2) is 0 Å². The normalized spacial score (nSPS) is 10.8. The number of aryl methyl sites for hydroxylation is 1. The second-order valence-corrected chi connectivity index (χ2v) is 6.84. The van der Waals surface area contributed by atoms with Crippen LogP contribution < -0.4 is 10.1 Å². The average molecular weight is 346 g/mol. The third kappa shape index (κ3) is 3.08. The Morgan fingerprint density at radius 2 is 1.92 bits per heavy atom. The second kappa shape index (κ2) is 6.57. The lowest BCUT2D eigenvalue weighted by atomic mass is 10.1. The summed E-state index contributed by atoms with van der Waals surface area (Å²) in [7, 11) is 1.70. The summed E-state index contributed by atoms with van der Waals surface area (Å²) in [5.74, 6) is 0.822. The highest BCUT2D eigenvalue weighted by molar-refractivity contribution is 7.13. The molecule has 4 aromatic rings. The molecule has 124 valence electrons. The van der Waals surface area contributed by atoms with Gasteiger partial charge in [0.2, 0.25) is 0 Å². The molecule has 0 aliphatic carbocycles. The summed E-state index contributed by atoms with van der Waals surface area (Å²) in [6.45, 7) is 2.08. The van der Waals surface area contributed by atoms with E-state index in [1.807, 2.05) is 12.3 Å². The Kier molecular flexibility index (Phi) is 4.12. The van der Waals surface area contributed by atoms with Gasteiger partial charge in [-0.25, -0.2) is 0 Å². The Balaban J connectivity index is 1.74. The van der Waals surface area contributed by atoms with Gasteiger partial charge < -0.3 is 10.1 Å². The number of methoxy groups -OCH3 is 1. The maximum absolute atomic E-state index is 5.61. The lowest BCUT2D eigenvalue weighted by molar-refractivity contribution is 0.417. The molecule has 4 rings (SSSR count). The Labute approximate surface area is 150 Å². The molecule has 25 heavy (non-hydrogen) atoms. The van der Waals surface area contributed by atoms with Crippen LogP contribution in [0.4, 0.5) is 11.4 Å². The van der Waals surface area contributed by atoms with Crippen LogP contribution in [0.3, 0.4) is 0 Å². The molecule has 2 heterocycles. The van der Waals surface area contributed by atoms with Crippen LogP contribution in [0.25, 0.3) is 21.3 Å². The smallest absolute Gasteiger partial charge is 0.142 e. The van der Waals surface area contributed by atoms with E-state index in [1.165, 1.54) is 10.4 Å². The highest BCUT2D eigenvalue weighted by atomic mass is 32.1. The van der Waals surface area contributed by atoms with Gasteiger partial charge >= 0.3 is 0 Å². The number of nitrogens with one attached hydrogen (secondary N) is 1. The number of aromatic nitrogens is 1. The van der Waals surface area contributed by atoms with Crippen molar-refractivity contribution < 1.29 is 4.74 Å². The number of hydrogen-bond acceptors (Lipinski definition) is 4. The average Bonchev–Trinajstić information content (AvgIpc) is 3.16. The Bertz CT molecular complexity index is 1030. The summed E-state index contributed by atoms with van der Waals surface area (Å²) >= 11 is 1.72. The van der Waals surface area contributed by atoms with E-state index in [9.17, 15) is 0 Å². The molecule has 2 aromatic carbocycles. The van der Waals surface area contributed by atoms with E-state index in [1.54, 1.807) is 18.4 Å². The topological polar surface area (TPSA) is 34.1 Å². The van der Waals surface area contributed by atoms with E-state index in [0.717, 1.165) is 33.6 Å². The van der Waals surface area contributed by atoms with Crippen LogP contribution in [-0.2, 0) is 0 Å². The van der Waals surface area contributed by atoms with Crippen molar-refractivity contribution in [1.82, 2.24) is 4.98 Å². The van der Waals surface area contributed by atoms with Crippen molar-refractivity contribution >= 4 is 33.6 Å². The van der Waals surface area contributed by atoms with E-state index in [4.69, 9.17) is 4.74 Å². The largest absolute Gasteiger partial charge is 0.495 e. The number of thiophene rings is 1. The fourth-order valence-electron chi connectivity index (χ4n) is 2.90. The molecule has 0 aliphatic rings. The molecule has 0 spiro atoms. The van der Waals surface area contributed by atoms with Gasteiger partial charge in [-0.1, -0.05) is 24.3 Å². The van der Waals surface area contributed by atoms with Gasteiger partial charge in [0.25, 0.3) is 0 Å². The zero-order valence-electron chi connectivity index (χ0n) is 14.1. The fraction of sp³-hybridized carbons (Fsp3) is 0.0952. The molecular formula is C21H18N2OS. The van der Waals surface area contributed by atoms with Crippen LogP contribution in [-0.4, -0.2) is 12.1 Å². The number of fused-ring (bicyclic) bond motifs is 1. The molecule has 0 bridgehead atoms. The van der Waals surface area contributed by atoms with Crippen LogP contribution in [0.2, 0.25) is 0 Å². The van der Waals surface area contributed by atoms with Gasteiger partial charge in [0, 0.05) is 22.1 Å². The maximum atomic E-state index is 5.61. The van der Waals surface area contributed by atoms with Crippen molar-refractivity contribution in [2.45, 2.75) is 6.92 Å². The number of pyridine rings is 1. The molecule has 0 saturated carbocycles. The molecule has 0 amide bonds. The van der Waals surface area contributed by atoms with Crippen molar-refractivity contribution in [3.05, 3.63) is 71.7 Å². The minimum absolute atomic E-state index is 0.822.